The van der Waals surface area contributed by atoms with Crippen LogP contribution in [0.1, 0.15) is 34.3 Å². The first-order valence-corrected chi connectivity index (χ1v) is 8.35. The Morgan fingerprint density at radius 2 is 2.16 bits per heavy atom. The van der Waals surface area contributed by atoms with Gasteiger partial charge in [-0.2, -0.15) is 0 Å². The molecule has 8 heteroatoms. The van der Waals surface area contributed by atoms with Crippen molar-refractivity contribution in [1.29, 1.82) is 0 Å². The van der Waals surface area contributed by atoms with E-state index in [0.29, 0.717) is 31.6 Å². The Bertz CT molecular complexity index is 706. The van der Waals surface area contributed by atoms with Gasteiger partial charge in [0.15, 0.2) is 0 Å². The summed E-state index contributed by atoms with van der Waals surface area (Å²) in [4.78, 5) is 37.5. The number of rotatable bonds is 6. The molecule has 3 rings (SSSR count). The van der Waals surface area contributed by atoms with E-state index in [1.54, 1.807) is 0 Å². The van der Waals surface area contributed by atoms with Crippen LogP contribution >= 0.6 is 0 Å². The quantitative estimate of drug-likeness (QED) is 0.483. The Kier molecular flexibility index (Phi) is 5.12. The van der Waals surface area contributed by atoms with Crippen molar-refractivity contribution in [3.8, 4) is 0 Å². The fraction of sp³-hybridized carbons (Fsp3) is 0.471. The van der Waals surface area contributed by atoms with E-state index in [4.69, 9.17) is 5.73 Å². The Balaban J connectivity index is 1.67. The summed E-state index contributed by atoms with van der Waals surface area (Å²) in [6.07, 6.45) is 0.00406. The van der Waals surface area contributed by atoms with Crippen LogP contribution in [-0.4, -0.2) is 53.0 Å². The normalized spacial score (nSPS) is 21.3. The Morgan fingerprint density at radius 3 is 2.88 bits per heavy atom. The van der Waals surface area contributed by atoms with E-state index in [-0.39, 0.29) is 24.8 Å². The molecule has 1 aromatic rings. The molecule has 0 radical (unpaired) electrons. The molecular formula is C17H22N4O4. The summed E-state index contributed by atoms with van der Waals surface area (Å²) in [7, 11) is 0. The zero-order valence-electron chi connectivity index (χ0n) is 13.8. The molecule has 2 aliphatic heterocycles. The van der Waals surface area contributed by atoms with Crippen molar-refractivity contribution < 1.29 is 19.5 Å². The summed E-state index contributed by atoms with van der Waals surface area (Å²) in [5.41, 5.74) is 7.74. The zero-order chi connectivity index (χ0) is 18.0. The highest BCUT2D eigenvalue weighted by atomic mass is 16.3. The number of aliphatic hydroxyl groups is 1. The largest absolute Gasteiger partial charge is 0.390 e. The predicted octanol–water partition coefficient (Wildman–Crippen LogP) is -1.14. The molecule has 2 heterocycles. The Morgan fingerprint density at radius 1 is 1.36 bits per heavy atom. The molecule has 25 heavy (non-hydrogen) atoms. The van der Waals surface area contributed by atoms with Crippen LogP contribution in [0.2, 0.25) is 0 Å². The third-order valence-corrected chi connectivity index (χ3v) is 4.57. The fourth-order valence-corrected chi connectivity index (χ4v) is 3.18. The van der Waals surface area contributed by atoms with Crippen molar-refractivity contribution in [3.05, 3.63) is 34.9 Å². The van der Waals surface area contributed by atoms with Crippen LogP contribution in [0.3, 0.4) is 0 Å². The molecule has 0 bridgehead atoms. The number of hydrogen-bond acceptors (Lipinski definition) is 6. The smallest absolute Gasteiger partial charge is 0.255 e. The van der Waals surface area contributed by atoms with Gasteiger partial charge in [0, 0.05) is 38.2 Å². The van der Waals surface area contributed by atoms with Crippen LogP contribution in [0, 0.1) is 0 Å². The van der Waals surface area contributed by atoms with Gasteiger partial charge in [0.2, 0.25) is 11.8 Å². The van der Waals surface area contributed by atoms with Gasteiger partial charge in [-0.3, -0.25) is 19.7 Å². The third kappa shape index (κ3) is 3.71. The first-order valence-electron chi connectivity index (χ1n) is 8.35. The predicted molar refractivity (Wildman–Crippen MR) is 89.3 cm³/mol. The minimum atomic E-state index is -0.598. The number of nitrogens with zero attached hydrogens (tertiary/aromatic N) is 1. The molecule has 3 amide bonds. The SMILES string of the molecule is NCC(O)CNCc1ccc2c(c1)C(=O)N(C1CCC(=O)NC1=O)C2. The molecule has 2 atom stereocenters. The number of nitrogens with two attached hydrogens (primary N) is 1. The minimum Gasteiger partial charge on any atom is -0.390 e. The monoisotopic (exact) mass is 346 g/mol. The van der Waals surface area contributed by atoms with E-state index in [0.717, 1.165) is 11.1 Å². The van der Waals surface area contributed by atoms with Gasteiger partial charge in [0.25, 0.3) is 5.91 Å². The summed E-state index contributed by atoms with van der Waals surface area (Å²) < 4.78 is 0. The number of imide groups is 1. The van der Waals surface area contributed by atoms with E-state index in [2.05, 4.69) is 10.6 Å². The number of fused-ring (bicyclic) bond motifs is 1. The minimum absolute atomic E-state index is 0.187. The van der Waals surface area contributed by atoms with Gasteiger partial charge in [-0.25, -0.2) is 0 Å². The lowest BCUT2D eigenvalue weighted by Gasteiger charge is -2.29. The second kappa shape index (κ2) is 7.30. The zero-order valence-corrected chi connectivity index (χ0v) is 13.8. The summed E-state index contributed by atoms with van der Waals surface area (Å²) in [5.74, 6) is -0.887. The van der Waals surface area contributed by atoms with Gasteiger partial charge in [-0.05, 0) is 23.6 Å². The number of benzene rings is 1. The van der Waals surface area contributed by atoms with Gasteiger partial charge >= 0.3 is 0 Å². The third-order valence-electron chi connectivity index (χ3n) is 4.57. The van der Waals surface area contributed by atoms with Crippen molar-refractivity contribution in [2.24, 2.45) is 5.73 Å². The van der Waals surface area contributed by atoms with Crippen molar-refractivity contribution in [1.82, 2.24) is 15.5 Å². The highest BCUT2D eigenvalue weighted by molar-refractivity contribution is 6.05. The summed E-state index contributed by atoms with van der Waals surface area (Å²) >= 11 is 0. The molecule has 5 N–H and O–H groups in total. The highest BCUT2D eigenvalue weighted by Crippen LogP contribution is 2.28. The van der Waals surface area contributed by atoms with Crippen molar-refractivity contribution in [2.75, 3.05) is 13.1 Å². The van der Waals surface area contributed by atoms with Crippen LogP contribution < -0.4 is 16.4 Å². The second-order valence-corrected chi connectivity index (χ2v) is 6.41. The van der Waals surface area contributed by atoms with Crippen molar-refractivity contribution >= 4 is 17.7 Å². The first kappa shape index (κ1) is 17.5. The summed E-state index contributed by atoms with van der Waals surface area (Å²) in [5, 5.41) is 14.8. The molecule has 8 nitrogen and oxygen atoms in total. The van der Waals surface area contributed by atoms with Crippen LogP contribution in [0.5, 0.6) is 0 Å². The number of piperidine rings is 1. The molecule has 0 spiro atoms. The average molecular weight is 346 g/mol. The van der Waals surface area contributed by atoms with Crippen LogP contribution in [0.15, 0.2) is 18.2 Å². The standard InChI is InChI=1S/C17H22N4O4/c18-6-12(22)8-19-7-10-1-2-11-9-21(17(25)13(11)5-10)14-3-4-15(23)20-16(14)24/h1-2,5,12,14,19,22H,3-4,6-9,18H2,(H,20,23,24). The summed E-state index contributed by atoms with van der Waals surface area (Å²) in [6, 6.07) is 5.02. The van der Waals surface area contributed by atoms with E-state index in [1.807, 2.05) is 18.2 Å². The summed E-state index contributed by atoms with van der Waals surface area (Å²) in [6.45, 7) is 1.45. The van der Waals surface area contributed by atoms with Gasteiger partial charge in [0.05, 0.1) is 6.10 Å². The van der Waals surface area contributed by atoms with Gasteiger partial charge in [0.1, 0.15) is 6.04 Å². The topological polar surface area (TPSA) is 125 Å². The molecular weight excluding hydrogens is 324 g/mol. The number of nitrogens with one attached hydrogen (secondary N) is 2. The van der Waals surface area contributed by atoms with E-state index in [9.17, 15) is 19.5 Å². The first-order chi connectivity index (χ1) is 12.0. The number of aliphatic hydroxyl groups excluding tert-OH is 1. The molecule has 1 aromatic carbocycles. The van der Waals surface area contributed by atoms with Gasteiger partial charge in [-0.15, -0.1) is 0 Å². The molecule has 2 aliphatic rings. The lowest BCUT2D eigenvalue weighted by Crippen LogP contribution is -2.52. The molecule has 134 valence electrons. The number of amides is 3. The maximum Gasteiger partial charge on any atom is 0.255 e. The molecule has 0 aromatic heterocycles. The maximum absolute atomic E-state index is 12.7. The maximum atomic E-state index is 12.7. The number of hydrogen-bond donors (Lipinski definition) is 4. The van der Waals surface area contributed by atoms with Gasteiger partial charge in [-0.1, -0.05) is 12.1 Å². The molecule has 0 aliphatic carbocycles. The average Bonchev–Trinajstić information content (AvgIpc) is 2.91. The van der Waals surface area contributed by atoms with E-state index >= 15 is 0 Å². The second-order valence-electron chi connectivity index (χ2n) is 6.41. The van der Waals surface area contributed by atoms with Crippen molar-refractivity contribution in [2.45, 2.75) is 38.1 Å². The van der Waals surface area contributed by atoms with Crippen LogP contribution in [-0.2, 0) is 22.7 Å². The molecule has 1 fully saturated rings. The van der Waals surface area contributed by atoms with E-state index in [1.165, 1.54) is 4.90 Å². The number of carbonyl (C=O) groups excluding carboxylic acids is 3. The van der Waals surface area contributed by atoms with Crippen molar-refractivity contribution in [3.63, 3.8) is 0 Å². The highest BCUT2D eigenvalue weighted by Gasteiger charge is 2.38. The Hall–Kier alpha value is -2.29. The molecule has 2 unspecified atom stereocenters. The number of carbonyl (C=O) groups is 3. The fourth-order valence-electron chi connectivity index (χ4n) is 3.18. The lowest BCUT2D eigenvalue weighted by atomic mass is 10.0. The Labute approximate surface area is 145 Å². The van der Waals surface area contributed by atoms with Crippen LogP contribution in [0.25, 0.3) is 0 Å². The van der Waals surface area contributed by atoms with E-state index < -0.39 is 18.1 Å². The molecule has 1 saturated heterocycles. The molecule has 0 saturated carbocycles. The van der Waals surface area contributed by atoms with Crippen LogP contribution in [0.4, 0.5) is 0 Å². The lowest BCUT2D eigenvalue weighted by molar-refractivity contribution is -0.136. The van der Waals surface area contributed by atoms with Gasteiger partial charge < -0.3 is 21.1 Å².